The summed E-state index contributed by atoms with van der Waals surface area (Å²) in [5.41, 5.74) is 2.63. The molecule has 0 unspecified atom stereocenters. The van der Waals surface area contributed by atoms with E-state index in [0.717, 1.165) is 23.1 Å². The molecule has 1 aliphatic rings. The zero-order valence-electron chi connectivity index (χ0n) is 9.58. The number of carbonyl (C=O) groups excluding carboxylic acids is 2. The Hall–Kier alpha value is -2.08. The summed E-state index contributed by atoms with van der Waals surface area (Å²) >= 11 is 0. The third-order valence-corrected chi connectivity index (χ3v) is 2.72. The van der Waals surface area contributed by atoms with Gasteiger partial charge in [-0.3, -0.25) is 9.59 Å². The van der Waals surface area contributed by atoms with E-state index in [-0.39, 0.29) is 18.2 Å². The second-order valence-corrected chi connectivity index (χ2v) is 3.85. The van der Waals surface area contributed by atoms with Crippen LogP contribution in [0.3, 0.4) is 0 Å². The number of esters is 1. The van der Waals surface area contributed by atoms with E-state index in [4.69, 9.17) is 0 Å². The highest BCUT2D eigenvalue weighted by molar-refractivity contribution is 6.00. The minimum atomic E-state index is -0.352. The predicted octanol–water partition coefficient (Wildman–Crippen LogP) is 1.73. The van der Waals surface area contributed by atoms with Gasteiger partial charge in [0.2, 0.25) is 0 Å². The van der Waals surface area contributed by atoms with E-state index < -0.39 is 0 Å². The first-order valence-corrected chi connectivity index (χ1v) is 5.42. The summed E-state index contributed by atoms with van der Waals surface area (Å²) in [7, 11) is 1.33. The maximum absolute atomic E-state index is 11.5. The first kappa shape index (κ1) is 11.4. The lowest BCUT2D eigenvalue weighted by Crippen LogP contribution is -1.97. The standard InChI is InChI=1S/C14H12O3/c1-17-14(16)4-2-3-10-5-6-11-7-8-13(15)12(11)9-10/h5-6,9H,4,7-8H2,1H3. The maximum Gasteiger partial charge on any atom is 0.317 e. The molecule has 17 heavy (non-hydrogen) atoms. The van der Waals surface area contributed by atoms with Gasteiger partial charge in [-0.25, -0.2) is 0 Å². The molecule has 3 nitrogen and oxygen atoms in total. The lowest BCUT2D eigenvalue weighted by Gasteiger charge is -1.97. The first-order chi connectivity index (χ1) is 8.20. The van der Waals surface area contributed by atoms with Gasteiger partial charge in [0.1, 0.15) is 6.42 Å². The third kappa shape index (κ3) is 2.54. The molecule has 0 N–H and O–H groups in total. The van der Waals surface area contributed by atoms with E-state index in [0.29, 0.717) is 6.42 Å². The quantitative estimate of drug-likeness (QED) is 0.543. The normalized spacial score (nSPS) is 12.6. The van der Waals surface area contributed by atoms with E-state index in [1.165, 1.54) is 7.11 Å². The molecule has 0 spiro atoms. The van der Waals surface area contributed by atoms with Gasteiger partial charge in [0.15, 0.2) is 5.78 Å². The van der Waals surface area contributed by atoms with Gasteiger partial charge >= 0.3 is 5.97 Å². The highest BCUT2D eigenvalue weighted by atomic mass is 16.5. The van der Waals surface area contributed by atoms with Crippen molar-refractivity contribution in [2.45, 2.75) is 19.3 Å². The number of methoxy groups -OCH3 is 1. The molecule has 0 saturated carbocycles. The van der Waals surface area contributed by atoms with Crippen LogP contribution < -0.4 is 0 Å². The Balaban J connectivity index is 2.16. The van der Waals surface area contributed by atoms with Crippen LogP contribution in [0.15, 0.2) is 18.2 Å². The van der Waals surface area contributed by atoms with Crippen LogP contribution in [-0.4, -0.2) is 18.9 Å². The van der Waals surface area contributed by atoms with Gasteiger partial charge in [0.05, 0.1) is 7.11 Å². The Morgan fingerprint density at radius 3 is 3.00 bits per heavy atom. The average Bonchev–Trinajstić information content (AvgIpc) is 2.71. The van der Waals surface area contributed by atoms with E-state index in [1.54, 1.807) is 6.07 Å². The fraction of sp³-hybridized carbons (Fsp3) is 0.286. The number of rotatable bonds is 1. The number of carbonyl (C=O) groups is 2. The summed E-state index contributed by atoms with van der Waals surface area (Å²) in [6.45, 7) is 0. The molecule has 0 heterocycles. The van der Waals surface area contributed by atoms with Crippen LogP contribution in [0.25, 0.3) is 0 Å². The summed E-state index contributed by atoms with van der Waals surface area (Å²) in [5, 5.41) is 0. The molecule has 0 fully saturated rings. The molecule has 0 atom stereocenters. The topological polar surface area (TPSA) is 43.4 Å². The van der Waals surface area contributed by atoms with Crippen LogP contribution in [-0.2, 0) is 16.0 Å². The minimum Gasteiger partial charge on any atom is -0.468 e. The lowest BCUT2D eigenvalue weighted by molar-refractivity contribution is -0.139. The van der Waals surface area contributed by atoms with Crippen LogP contribution in [0.5, 0.6) is 0 Å². The van der Waals surface area contributed by atoms with Crippen molar-refractivity contribution in [1.29, 1.82) is 0 Å². The molecule has 1 aliphatic carbocycles. The largest absolute Gasteiger partial charge is 0.468 e. The zero-order chi connectivity index (χ0) is 12.3. The van der Waals surface area contributed by atoms with E-state index in [1.807, 2.05) is 12.1 Å². The SMILES string of the molecule is COC(=O)CC#Cc1ccc2c(c1)C(=O)CC2. The van der Waals surface area contributed by atoms with Crippen molar-refractivity contribution in [1.82, 2.24) is 0 Å². The van der Waals surface area contributed by atoms with Crippen molar-refractivity contribution < 1.29 is 14.3 Å². The summed E-state index contributed by atoms with van der Waals surface area (Å²) in [4.78, 5) is 22.4. The van der Waals surface area contributed by atoms with Gasteiger partial charge in [0, 0.05) is 17.5 Å². The number of fused-ring (bicyclic) bond motifs is 1. The molecule has 1 aromatic rings. The molecule has 0 amide bonds. The van der Waals surface area contributed by atoms with Crippen LogP contribution >= 0.6 is 0 Å². The molecular weight excluding hydrogens is 216 g/mol. The summed E-state index contributed by atoms with van der Waals surface area (Å²) in [6, 6.07) is 5.61. The Kier molecular flexibility index (Phi) is 3.24. The first-order valence-electron chi connectivity index (χ1n) is 5.42. The summed E-state index contributed by atoms with van der Waals surface area (Å²) < 4.78 is 4.48. The highest BCUT2D eigenvalue weighted by Crippen LogP contribution is 2.22. The highest BCUT2D eigenvalue weighted by Gasteiger charge is 2.18. The molecule has 0 radical (unpaired) electrons. The number of ketones is 1. The van der Waals surface area contributed by atoms with Gasteiger partial charge in [0.25, 0.3) is 0 Å². The van der Waals surface area contributed by atoms with Gasteiger partial charge in [-0.1, -0.05) is 17.9 Å². The molecule has 0 aromatic heterocycles. The third-order valence-electron chi connectivity index (χ3n) is 2.72. The van der Waals surface area contributed by atoms with Crippen LogP contribution in [0.4, 0.5) is 0 Å². The van der Waals surface area contributed by atoms with Crippen molar-refractivity contribution in [3.8, 4) is 11.8 Å². The number of aryl methyl sites for hydroxylation is 1. The molecular formula is C14H12O3. The molecule has 1 aromatic carbocycles. The van der Waals surface area contributed by atoms with Gasteiger partial charge in [-0.2, -0.15) is 0 Å². The van der Waals surface area contributed by atoms with Crippen molar-refractivity contribution in [3.05, 3.63) is 34.9 Å². The Morgan fingerprint density at radius 2 is 2.24 bits per heavy atom. The number of Topliss-reactive ketones (excluding diaryl/α,β-unsaturated/α-hetero) is 1. The summed E-state index contributed by atoms with van der Waals surface area (Å²) in [6.07, 6.45) is 1.49. The fourth-order valence-corrected chi connectivity index (χ4v) is 1.81. The van der Waals surface area contributed by atoms with Crippen molar-refractivity contribution in [2.24, 2.45) is 0 Å². The maximum atomic E-state index is 11.5. The predicted molar refractivity (Wildman–Crippen MR) is 62.6 cm³/mol. The van der Waals surface area contributed by atoms with Crippen molar-refractivity contribution in [3.63, 3.8) is 0 Å². The van der Waals surface area contributed by atoms with E-state index in [2.05, 4.69) is 16.6 Å². The number of hydrogen-bond donors (Lipinski definition) is 0. The fourth-order valence-electron chi connectivity index (χ4n) is 1.81. The van der Waals surface area contributed by atoms with Gasteiger partial charge in [-0.15, -0.1) is 0 Å². The second kappa shape index (κ2) is 4.84. The smallest absolute Gasteiger partial charge is 0.317 e. The van der Waals surface area contributed by atoms with Crippen LogP contribution in [0.1, 0.15) is 34.3 Å². The molecule has 2 rings (SSSR count). The lowest BCUT2D eigenvalue weighted by atomic mass is 10.1. The Labute approximate surface area is 99.8 Å². The van der Waals surface area contributed by atoms with Gasteiger partial charge in [-0.05, 0) is 24.1 Å². The molecule has 0 bridgehead atoms. The molecule has 86 valence electrons. The molecule has 0 aliphatic heterocycles. The van der Waals surface area contributed by atoms with Crippen molar-refractivity contribution >= 4 is 11.8 Å². The zero-order valence-corrected chi connectivity index (χ0v) is 9.58. The average molecular weight is 228 g/mol. The second-order valence-electron chi connectivity index (χ2n) is 3.85. The molecule has 0 saturated heterocycles. The minimum absolute atomic E-state index is 0.0710. The molecule has 3 heteroatoms. The Bertz CT molecular complexity index is 532. The van der Waals surface area contributed by atoms with Crippen LogP contribution in [0, 0.1) is 11.8 Å². The number of ether oxygens (including phenoxy) is 1. The Morgan fingerprint density at radius 1 is 1.41 bits per heavy atom. The van der Waals surface area contributed by atoms with E-state index in [9.17, 15) is 9.59 Å². The van der Waals surface area contributed by atoms with Crippen LogP contribution in [0.2, 0.25) is 0 Å². The number of benzene rings is 1. The number of hydrogen-bond acceptors (Lipinski definition) is 3. The van der Waals surface area contributed by atoms with Crippen molar-refractivity contribution in [2.75, 3.05) is 7.11 Å². The van der Waals surface area contributed by atoms with E-state index >= 15 is 0 Å². The summed E-state index contributed by atoms with van der Waals surface area (Å²) in [5.74, 6) is 5.40. The monoisotopic (exact) mass is 228 g/mol. The van der Waals surface area contributed by atoms with Gasteiger partial charge < -0.3 is 4.74 Å².